The van der Waals surface area contributed by atoms with Crippen molar-refractivity contribution in [2.45, 2.75) is 110 Å². The molecule has 0 N–H and O–H groups in total. The minimum Gasteiger partial charge on any atom is -0.0654 e. The summed E-state index contributed by atoms with van der Waals surface area (Å²) in [5.41, 5.74) is 0. The molecule has 0 nitrogen and oxygen atoms in total. The summed E-state index contributed by atoms with van der Waals surface area (Å²) >= 11 is 0. The summed E-state index contributed by atoms with van der Waals surface area (Å²) in [6, 6.07) is 0. The van der Waals surface area contributed by atoms with Gasteiger partial charge < -0.3 is 0 Å². The largest absolute Gasteiger partial charge is 0.0654 e. The van der Waals surface area contributed by atoms with E-state index in [1.54, 1.807) is 0 Å². The van der Waals surface area contributed by atoms with Crippen LogP contribution < -0.4 is 0 Å². The fourth-order valence-electron chi connectivity index (χ4n) is 2.55. The summed E-state index contributed by atoms with van der Waals surface area (Å²) in [4.78, 5) is 0. The Morgan fingerprint density at radius 2 is 0.737 bits per heavy atom. The summed E-state index contributed by atoms with van der Waals surface area (Å²) < 4.78 is 0. The van der Waals surface area contributed by atoms with Crippen molar-refractivity contribution >= 4 is 0 Å². The van der Waals surface area contributed by atoms with E-state index in [9.17, 15) is 0 Å². The van der Waals surface area contributed by atoms with E-state index >= 15 is 0 Å². The summed E-state index contributed by atoms with van der Waals surface area (Å²) in [6.07, 6.45) is 22.8. The first-order valence-electron chi connectivity index (χ1n) is 8.71. The predicted molar refractivity (Wildman–Crippen MR) is 84.9 cm³/mol. The smallest absolute Gasteiger partial charge is 0 e. The average Bonchev–Trinajstić information content (AvgIpc) is 2.39. The van der Waals surface area contributed by atoms with E-state index in [-0.39, 0.29) is 16.5 Å². The molecule has 0 spiro atoms. The molecular formula is C18H37Ni. The van der Waals surface area contributed by atoms with Gasteiger partial charge in [-0.15, -0.1) is 0 Å². The minimum absolute atomic E-state index is 0. The zero-order valence-corrected chi connectivity index (χ0v) is 14.3. The van der Waals surface area contributed by atoms with Crippen molar-refractivity contribution in [1.29, 1.82) is 0 Å². The first-order chi connectivity index (χ1) is 8.91. The maximum absolute atomic E-state index is 3.88. The van der Waals surface area contributed by atoms with Crippen molar-refractivity contribution in [3.63, 3.8) is 0 Å². The van der Waals surface area contributed by atoms with E-state index in [1.807, 2.05) is 0 Å². The van der Waals surface area contributed by atoms with E-state index in [0.29, 0.717) is 0 Å². The summed E-state index contributed by atoms with van der Waals surface area (Å²) in [5.74, 6) is 0. The SMILES string of the molecule is [CH2]CCCCCCCCCCCCCCCCC.[Ni]. The van der Waals surface area contributed by atoms with Crippen LogP contribution in [-0.2, 0) is 16.5 Å². The van der Waals surface area contributed by atoms with E-state index in [1.165, 1.54) is 96.3 Å². The van der Waals surface area contributed by atoms with Crippen molar-refractivity contribution < 1.29 is 16.5 Å². The van der Waals surface area contributed by atoms with E-state index in [4.69, 9.17) is 0 Å². The third-order valence-corrected chi connectivity index (χ3v) is 3.85. The van der Waals surface area contributed by atoms with Crippen molar-refractivity contribution in [2.75, 3.05) is 0 Å². The van der Waals surface area contributed by atoms with Gasteiger partial charge in [0, 0.05) is 16.5 Å². The Bertz CT molecular complexity index is 118. The van der Waals surface area contributed by atoms with Gasteiger partial charge in [0.15, 0.2) is 0 Å². The summed E-state index contributed by atoms with van der Waals surface area (Å²) in [7, 11) is 0. The Labute approximate surface area is 133 Å². The van der Waals surface area contributed by atoms with Gasteiger partial charge in [-0.05, 0) is 0 Å². The monoisotopic (exact) mass is 311 g/mol. The second-order valence-electron chi connectivity index (χ2n) is 5.80. The van der Waals surface area contributed by atoms with E-state index in [2.05, 4.69) is 13.8 Å². The molecule has 0 aromatic heterocycles. The molecule has 0 aliphatic rings. The first kappa shape index (κ1) is 21.8. The molecule has 119 valence electrons. The number of hydrogen-bond acceptors (Lipinski definition) is 0. The molecule has 0 heterocycles. The van der Waals surface area contributed by atoms with Crippen LogP contribution >= 0.6 is 0 Å². The topological polar surface area (TPSA) is 0 Å². The van der Waals surface area contributed by atoms with Gasteiger partial charge in [0.05, 0.1) is 0 Å². The molecule has 0 aromatic carbocycles. The van der Waals surface area contributed by atoms with Crippen LogP contribution in [0, 0.1) is 6.92 Å². The molecular weight excluding hydrogens is 275 g/mol. The quantitative estimate of drug-likeness (QED) is 0.224. The fraction of sp³-hybridized carbons (Fsp3) is 0.944. The normalized spacial score (nSPS) is 10.4. The van der Waals surface area contributed by atoms with Crippen molar-refractivity contribution in [1.82, 2.24) is 0 Å². The molecule has 1 radical (unpaired) electrons. The molecule has 0 aromatic rings. The minimum atomic E-state index is 0. The second kappa shape index (κ2) is 20.8. The van der Waals surface area contributed by atoms with Crippen molar-refractivity contribution in [3.8, 4) is 0 Å². The van der Waals surface area contributed by atoms with Gasteiger partial charge in [0.1, 0.15) is 0 Å². The molecule has 0 atom stereocenters. The van der Waals surface area contributed by atoms with Crippen LogP contribution in [0.4, 0.5) is 0 Å². The van der Waals surface area contributed by atoms with Crippen LogP contribution in [0.2, 0.25) is 0 Å². The van der Waals surface area contributed by atoms with Gasteiger partial charge in [0.2, 0.25) is 0 Å². The van der Waals surface area contributed by atoms with Gasteiger partial charge in [-0.3, -0.25) is 0 Å². The molecule has 1 heteroatoms. The van der Waals surface area contributed by atoms with Crippen molar-refractivity contribution in [3.05, 3.63) is 6.92 Å². The third-order valence-electron chi connectivity index (χ3n) is 3.85. The molecule has 0 rings (SSSR count). The van der Waals surface area contributed by atoms with Crippen LogP contribution in [0.15, 0.2) is 0 Å². The molecule has 0 unspecified atom stereocenters. The van der Waals surface area contributed by atoms with Gasteiger partial charge in [0.25, 0.3) is 0 Å². The van der Waals surface area contributed by atoms with Crippen LogP contribution in [0.1, 0.15) is 110 Å². The molecule has 19 heavy (non-hydrogen) atoms. The van der Waals surface area contributed by atoms with Gasteiger partial charge in [-0.1, -0.05) is 117 Å². The molecule has 0 aliphatic heterocycles. The number of rotatable bonds is 15. The second-order valence-corrected chi connectivity index (χ2v) is 5.80. The average molecular weight is 312 g/mol. The van der Waals surface area contributed by atoms with E-state index < -0.39 is 0 Å². The Morgan fingerprint density at radius 3 is 1.00 bits per heavy atom. The Hall–Kier alpha value is 0.494. The Morgan fingerprint density at radius 1 is 0.474 bits per heavy atom. The van der Waals surface area contributed by atoms with Gasteiger partial charge >= 0.3 is 0 Å². The fourth-order valence-corrected chi connectivity index (χ4v) is 2.55. The molecule has 0 aliphatic carbocycles. The maximum Gasteiger partial charge on any atom is 0 e. The van der Waals surface area contributed by atoms with Crippen LogP contribution in [0.3, 0.4) is 0 Å². The van der Waals surface area contributed by atoms with Crippen LogP contribution in [-0.4, -0.2) is 0 Å². The summed E-state index contributed by atoms with van der Waals surface area (Å²) in [5, 5.41) is 0. The zero-order chi connectivity index (χ0) is 13.3. The predicted octanol–water partition coefficient (Wildman–Crippen LogP) is 7.08. The van der Waals surface area contributed by atoms with Crippen molar-refractivity contribution in [2.24, 2.45) is 0 Å². The summed E-state index contributed by atoms with van der Waals surface area (Å²) in [6.45, 7) is 6.18. The van der Waals surface area contributed by atoms with E-state index in [0.717, 1.165) is 6.42 Å². The zero-order valence-electron chi connectivity index (χ0n) is 13.3. The first-order valence-corrected chi connectivity index (χ1v) is 8.71. The Kier molecular flexibility index (Phi) is 23.9. The number of hydrogen-bond donors (Lipinski definition) is 0. The van der Waals surface area contributed by atoms with Crippen LogP contribution in [0.5, 0.6) is 0 Å². The molecule has 0 fully saturated rings. The van der Waals surface area contributed by atoms with Crippen LogP contribution in [0.25, 0.3) is 0 Å². The maximum atomic E-state index is 3.88. The third kappa shape index (κ3) is 21.0. The standard InChI is InChI=1S/C18H37.Ni/c1-3-5-7-9-11-13-15-17-18-16-14-12-10-8-6-4-2;/h1,3-18H2,2H3;. The van der Waals surface area contributed by atoms with Gasteiger partial charge in [-0.25, -0.2) is 0 Å². The molecule has 0 saturated heterocycles. The molecule has 0 saturated carbocycles. The molecule has 0 amide bonds. The van der Waals surface area contributed by atoms with Gasteiger partial charge in [-0.2, -0.15) is 0 Å². The molecule has 0 bridgehead atoms. The number of unbranched alkanes of at least 4 members (excludes halogenated alkanes) is 15. The Balaban J connectivity index is 0.